The fraction of sp³-hybridized carbons (Fsp3) is 0.667. The average Bonchev–Trinajstić information content (AvgIpc) is 2.56. The minimum Gasteiger partial charge on any atom is -0.393 e. The van der Waals surface area contributed by atoms with Crippen molar-refractivity contribution in [2.75, 3.05) is 6.54 Å². The summed E-state index contributed by atoms with van der Waals surface area (Å²) in [6.45, 7) is 7.79. The molecule has 2 N–H and O–H groups in total. The first-order valence-electron chi connectivity index (χ1n) is 5.97. The van der Waals surface area contributed by atoms with Gasteiger partial charge in [-0.1, -0.05) is 6.92 Å². The number of sulfonamides is 1. The lowest BCUT2D eigenvalue weighted by Crippen LogP contribution is -2.29. The molecule has 104 valence electrons. The number of aliphatic hydroxyl groups is 1. The van der Waals surface area contributed by atoms with Gasteiger partial charge in [0.15, 0.2) is 0 Å². The van der Waals surface area contributed by atoms with Crippen LogP contribution in [-0.2, 0) is 10.0 Å². The minimum atomic E-state index is -3.41. The maximum atomic E-state index is 12.0. The molecule has 0 aliphatic carbocycles. The highest BCUT2D eigenvalue weighted by Gasteiger charge is 2.18. The SMILES string of the molecule is Cc1cc(S(=O)(=O)NCC(C)CC(C)O)sc1C. The lowest BCUT2D eigenvalue weighted by atomic mass is 10.1. The van der Waals surface area contributed by atoms with Gasteiger partial charge >= 0.3 is 0 Å². The lowest BCUT2D eigenvalue weighted by molar-refractivity contribution is 0.165. The standard InChI is InChI=1S/C12H21NO3S2/c1-8(5-10(3)14)7-13-18(15,16)12-6-9(2)11(4)17-12/h6,8,10,13-14H,5,7H2,1-4H3. The first-order valence-corrected chi connectivity index (χ1v) is 8.27. The first kappa shape index (κ1) is 15.6. The number of aliphatic hydroxyl groups excluding tert-OH is 1. The van der Waals surface area contributed by atoms with Crippen molar-refractivity contribution < 1.29 is 13.5 Å². The van der Waals surface area contributed by atoms with Crippen LogP contribution in [0.2, 0.25) is 0 Å². The number of thiophene rings is 1. The molecule has 0 aliphatic rings. The van der Waals surface area contributed by atoms with Crippen molar-refractivity contribution in [3.05, 3.63) is 16.5 Å². The van der Waals surface area contributed by atoms with Crippen LogP contribution in [0.15, 0.2) is 10.3 Å². The van der Waals surface area contributed by atoms with Crippen LogP contribution in [0.3, 0.4) is 0 Å². The van der Waals surface area contributed by atoms with E-state index in [-0.39, 0.29) is 5.92 Å². The third-order valence-electron chi connectivity index (χ3n) is 2.77. The minimum absolute atomic E-state index is 0.113. The topological polar surface area (TPSA) is 66.4 Å². The first-order chi connectivity index (χ1) is 8.22. The van der Waals surface area contributed by atoms with Crippen molar-refractivity contribution in [2.45, 2.75) is 44.4 Å². The van der Waals surface area contributed by atoms with Crippen LogP contribution in [0.1, 0.15) is 30.7 Å². The van der Waals surface area contributed by atoms with E-state index in [4.69, 9.17) is 0 Å². The Hall–Kier alpha value is -0.430. The maximum absolute atomic E-state index is 12.0. The highest BCUT2D eigenvalue weighted by atomic mass is 32.2. The van der Waals surface area contributed by atoms with Crippen LogP contribution < -0.4 is 4.72 Å². The molecule has 0 bridgehead atoms. The molecule has 18 heavy (non-hydrogen) atoms. The largest absolute Gasteiger partial charge is 0.393 e. The van der Waals surface area contributed by atoms with Gasteiger partial charge in [0.1, 0.15) is 4.21 Å². The summed E-state index contributed by atoms with van der Waals surface area (Å²) < 4.78 is 27.0. The number of hydrogen-bond donors (Lipinski definition) is 2. The van der Waals surface area contributed by atoms with Crippen molar-refractivity contribution in [1.29, 1.82) is 0 Å². The van der Waals surface area contributed by atoms with Crippen LogP contribution in [0, 0.1) is 19.8 Å². The molecule has 6 heteroatoms. The molecule has 4 nitrogen and oxygen atoms in total. The summed E-state index contributed by atoms with van der Waals surface area (Å²) in [6.07, 6.45) is 0.182. The summed E-state index contributed by atoms with van der Waals surface area (Å²) in [7, 11) is -3.41. The van der Waals surface area contributed by atoms with E-state index in [0.29, 0.717) is 17.2 Å². The van der Waals surface area contributed by atoms with Gasteiger partial charge < -0.3 is 5.11 Å². The average molecular weight is 291 g/mol. The third-order valence-corrected chi connectivity index (χ3v) is 5.82. The number of nitrogens with one attached hydrogen (secondary N) is 1. The normalized spacial score (nSPS) is 15.6. The van der Waals surface area contributed by atoms with Gasteiger partial charge in [0, 0.05) is 11.4 Å². The molecule has 0 amide bonds. The molecule has 0 fully saturated rings. The van der Waals surface area contributed by atoms with Crippen LogP contribution in [0.5, 0.6) is 0 Å². The molecule has 0 spiro atoms. The second kappa shape index (κ2) is 6.14. The van der Waals surface area contributed by atoms with E-state index in [1.165, 1.54) is 11.3 Å². The molecule has 1 heterocycles. The van der Waals surface area contributed by atoms with Gasteiger partial charge in [-0.25, -0.2) is 13.1 Å². The summed E-state index contributed by atoms with van der Waals surface area (Å²) in [5, 5.41) is 9.23. The van der Waals surface area contributed by atoms with Gasteiger partial charge in [0.2, 0.25) is 10.0 Å². The molecule has 2 atom stereocenters. The highest BCUT2D eigenvalue weighted by Crippen LogP contribution is 2.24. The monoisotopic (exact) mass is 291 g/mol. The van der Waals surface area contributed by atoms with Crippen molar-refractivity contribution in [3.8, 4) is 0 Å². The Balaban J connectivity index is 2.66. The Kier molecular flexibility index (Phi) is 5.33. The summed E-state index contributed by atoms with van der Waals surface area (Å²) in [5.74, 6) is 0.113. The third kappa shape index (κ3) is 4.35. The van der Waals surface area contributed by atoms with E-state index >= 15 is 0 Å². The van der Waals surface area contributed by atoms with Gasteiger partial charge in [0.05, 0.1) is 6.10 Å². The van der Waals surface area contributed by atoms with Crippen molar-refractivity contribution in [2.24, 2.45) is 5.92 Å². The zero-order valence-corrected chi connectivity index (χ0v) is 12.9. The van der Waals surface area contributed by atoms with Gasteiger partial charge in [-0.2, -0.15) is 0 Å². The predicted molar refractivity (Wildman–Crippen MR) is 74.4 cm³/mol. The van der Waals surface area contributed by atoms with E-state index in [2.05, 4.69) is 4.72 Å². The van der Waals surface area contributed by atoms with Gasteiger partial charge in [0.25, 0.3) is 0 Å². The second-order valence-corrected chi connectivity index (χ2v) is 8.10. The van der Waals surface area contributed by atoms with Gasteiger partial charge in [-0.05, 0) is 44.7 Å². The van der Waals surface area contributed by atoms with Crippen LogP contribution in [0.25, 0.3) is 0 Å². The molecule has 1 aromatic heterocycles. The second-order valence-electron chi connectivity index (χ2n) is 4.85. The van der Waals surface area contributed by atoms with Gasteiger partial charge in [-0.3, -0.25) is 0 Å². The smallest absolute Gasteiger partial charge is 0.250 e. The molecular formula is C12H21NO3S2. The highest BCUT2D eigenvalue weighted by molar-refractivity contribution is 7.91. The number of hydrogen-bond acceptors (Lipinski definition) is 4. The fourth-order valence-corrected chi connectivity index (χ4v) is 4.39. The van der Waals surface area contributed by atoms with Crippen molar-refractivity contribution in [3.63, 3.8) is 0 Å². The molecule has 0 aliphatic heterocycles. The summed E-state index contributed by atoms with van der Waals surface area (Å²) in [6, 6.07) is 1.70. The van der Waals surface area contributed by atoms with Crippen LogP contribution in [-0.4, -0.2) is 26.2 Å². The molecule has 0 aromatic carbocycles. The molecule has 1 aromatic rings. The molecule has 0 saturated heterocycles. The Morgan fingerprint density at radius 3 is 2.44 bits per heavy atom. The molecular weight excluding hydrogens is 270 g/mol. The zero-order chi connectivity index (χ0) is 13.9. The molecule has 2 unspecified atom stereocenters. The summed E-state index contributed by atoms with van der Waals surface area (Å²) in [5.41, 5.74) is 0.998. The van der Waals surface area contributed by atoms with Crippen LogP contribution >= 0.6 is 11.3 Å². The van der Waals surface area contributed by atoms with Crippen LogP contribution in [0.4, 0.5) is 0 Å². The summed E-state index contributed by atoms with van der Waals surface area (Å²) >= 11 is 1.29. The summed E-state index contributed by atoms with van der Waals surface area (Å²) in [4.78, 5) is 1.02. The lowest BCUT2D eigenvalue weighted by Gasteiger charge is -2.13. The number of rotatable bonds is 6. The molecule has 1 rings (SSSR count). The maximum Gasteiger partial charge on any atom is 0.250 e. The van der Waals surface area contributed by atoms with Gasteiger partial charge in [-0.15, -0.1) is 11.3 Å². The van der Waals surface area contributed by atoms with E-state index in [9.17, 15) is 13.5 Å². The quantitative estimate of drug-likeness (QED) is 0.843. The zero-order valence-electron chi connectivity index (χ0n) is 11.2. The Bertz CT molecular complexity index is 472. The molecule has 0 saturated carbocycles. The van der Waals surface area contributed by atoms with Crippen molar-refractivity contribution in [1.82, 2.24) is 4.72 Å². The van der Waals surface area contributed by atoms with E-state index in [0.717, 1.165) is 10.4 Å². The predicted octanol–water partition coefficient (Wildman–Crippen LogP) is 2.05. The fourth-order valence-electron chi connectivity index (χ4n) is 1.66. The van der Waals surface area contributed by atoms with Crippen molar-refractivity contribution >= 4 is 21.4 Å². The molecule has 0 radical (unpaired) electrons. The Morgan fingerprint density at radius 2 is 2.00 bits per heavy atom. The van der Waals surface area contributed by atoms with E-state index in [1.807, 2.05) is 20.8 Å². The Labute approximate surface area is 113 Å². The van der Waals surface area contributed by atoms with E-state index in [1.54, 1.807) is 13.0 Å². The Morgan fingerprint density at radius 1 is 1.39 bits per heavy atom. The number of aryl methyl sites for hydroxylation is 2. The van der Waals surface area contributed by atoms with E-state index < -0.39 is 16.1 Å².